The van der Waals surface area contributed by atoms with Crippen molar-refractivity contribution < 1.29 is 0 Å². The molecule has 2 nitrogen and oxygen atoms in total. The molecular weight excluding hydrogens is 308 g/mol. The van der Waals surface area contributed by atoms with Gasteiger partial charge >= 0.3 is 0 Å². The van der Waals surface area contributed by atoms with E-state index in [1.54, 1.807) is 18.0 Å². The normalized spacial score (nSPS) is 12.4. The van der Waals surface area contributed by atoms with E-state index in [1.165, 1.54) is 10.5 Å². The van der Waals surface area contributed by atoms with Crippen molar-refractivity contribution in [3.05, 3.63) is 52.6 Å². The molecule has 0 radical (unpaired) electrons. The lowest BCUT2D eigenvalue weighted by atomic mass is 10.1. The van der Waals surface area contributed by atoms with Gasteiger partial charge in [0.05, 0.1) is 4.47 Å². The number of hydrogen-bond donors (Lipinski definition) is 1. The number of benzene rings is 1. The SMILES string of the molecule is CCC(N)c1ccccc1Sc1ncccc1Br. The van der Waals surface area contributed by atoms with E-state index in [2.05, 4.69) is 40.0 Å². The van der Waals surface area contributed by atoms with Crippen LogP contribution in [0, 0.1) is 0 Å². The standard InChI is InChI=1S/C14H15BrN2S/c1-2-12(16)10-6-3-4-8-13(10)18-14-11(15)7-5-9-17-14/h3-9,12H,2,16H2,1H3. The van der Waals surface area contributed by atoms with E-state index >= 15 is 0 Å². The monoisotopic (exact) mass is 322 g/mol. The zero-order chi connectivity index (χ0) is 13.0. The highest BCUT2D eigenvalue weighted by Gasteiger charge is 2.11. The molecule has 4 heteroatoms. The predicted molar refractivity (Wildman–Crippen MR) is 79.7 cm³/mol. The third-order valence-corrected chi connectivity index (χ3v) is 4.70. The van der Waals surface area contributed by atoms with Crippen molar-refractivity contribution in [2.75, 3.05) is 0 Å². The molecule has 1 unspecified atom stereocenters. The Labute approximate surface area is 120 Å². The summed E-state index contributed by atoms with van der Waals surface area (Å²) in [5.41, 5.74) is 7.32. The molecule has 0 aliphatic rings. The van der Waals surface area contributed by atoms with Gasteiger partial charge in [-0.1, -0.05) is 36.9 Å². The van der Waals surface area contributed by atoms with Gasteiger partial charge in [-0.15, -0.1) is 0 Å². The Hall–Kier alpha value is -0.840. The molecule has 0 aliphatic carbocycles. The molecule has 0 saturated carbocycles. The molecule has 18 heavy (non-hydrogen) atoms. The van der Waals surface area contributed by atoms with Gasteiger partial charge in [0.1, 0.15) is 5.03 Å². The minimum atomic E-state index is 0.0798. The van der Waals surface area contributed by atoms with E-state index in [9.17, 15) is 0 Å². The molecule has 0 amide bonds. The van der Waals surface area contributed by atoms with Crippen LogP contribution in [0.4, 0.5) is 0 Å². The average Bonchev–Trinajstić information content (AvgIpc) is 2.41. The Kier molecular flexibility index (Phi) is 4.80. The zero-order valence-corrected chi connectivity index (χ0v) is 12.5. The molecule has 0 fully saturated rings. The van der Waals surface area contributed by atoms with Crippen LogP contribution in [0.1, 0.15) is 24.9 Å². The van der Waals surface area contributed by atoms with Gasteiger partial charge < -0.3 is 5.73 Å². The third kappa shape index (κ3) is 3.13. The molecule has 1 aromatic heterocycles. The summed E-state index contributed by atoms with van der Waals surface area (Å²) in [4.78, 5) is 5.55. The van der Waals surface area contributed by atoms with Crippen molar-refractivity contribution in [1.29, 1.82) is 0 Å². The van der Waals surface area contributed by atoms with Crippen molar-refractivity contribution in [3.63, 3.8) is 0 Å². The van der Waals surface area contributed by atoms with E-state index < -0.39 is 0 Å². The van der Waals surface area contributed by atoms with Crippen LogP contribution in [0.15, 0.2) is 57.0 Å². The van der Waals surface area contributed by atoms with Gasteiger partial charge in [0, 0.05) is 17.1 Å². The molecule has 0 bridgehead atoms. The number of pyridine rings is 1. The number of nitrogens with zero attached hydrogens (tertiary/aromatic N) is 1. The van der Waals surface area contributed by atoms with Crippen LogP contribution < -0.4 is 5.73 Å². The molecule has 0 aliphatic heterocycles. The van der Waals surface area contributed by atoms with E-state index in [0.717, 1.165) is 15.9 Å². The molecule has 94 valence electrons. The van der Waals surface area contributed by atoms with Gasteiger partial charge in [0.15, 0.2) is 0 Å². The summed E-state index contributed by atoms with van der Waals surface area (Å²) in [6.45, 7) is 2.10. The highest BCUT2D eigenvalue weighted by atomic mass is 79.9. The molecular formula is C14H15BrN2S. The molecule has 2 N–H and O–H groups in total. The van der Waals surface area contributed by atoms with Gasteiger partial charge in [-0.3, -0.25) is 0 Å². The average molecular weight is 323 g/mol. The van der Waals surface area contributed by atoms with E-state index in [4.69, 9.17) is 5.73 Å². The lowest BCUT2D eigenvalue weighted by Crippen LogP contribution is -2.09. The van der Waals surface area contributed by atoms with Gasteiger partial charge in [-0.25, -0.2) is 4.98 Å². The summed E-state index contributed by atoms with van der Waals surface area (Å²) in [5.74, 6) is 0. The fourth-order valence-electron chi connectivity index (χ4n) is 1.65. The van der Waals surface area contributed by atoms with Crippen LogP contribution in [0.25, 0.3) is 0 Å². The first kappa shape index (κ1) is 13.6. The maximum Gasteiger partial charge on any atom is 0.115 e. The van der Waals surface area contributed by atoms with Gasteiger partial charge in [0.2, 0.25) is 0 Å². The third-order valence-electron chi connectivity index (χ3n) is 2.69. The first-order chi connectivity index (χ1) is 8.72. The molecule has 0 spiro atoms. The first-order valence-corrected chi connectivity index (χ1v) is 7.46. The van der Waals surface area contributed by atoms with Crippen LogP contribution in [-0.4, -0.2) is 4.98 Å². The van der Waals surface area contributed by atoms with Crippen LogP contribution in [0.3, 0.4) is 0 Å². The Balaban J connectivity index is 2.32. The summed E-state index contributed by atoms with van der Waals surface area (Å²) in [7, 11) is 0. The number of nitrogens with two attached hydrogens (primary N) is 1. The Bertz CT molecular complexity index is 531. The maximum atomic E-state index is 6.14. The molecule has 1 atom stereocenters. The summed E-state index contributed by atoms with van der Waals surface area (Å²) in [6, 6.07) is 12.2. The molecule has 1 heterocycles. The van der Waals surface area contributed by atoms with Crippen LogP contribution in [0.5, 0.6) is 0 Å². The minimum absolute atomic E-state index is 0.0798. The first-order valence-electron chi connectivity index (χ1n) is 5.85. The zero-order valence-electron chi connectivity index (χ0n) is 10.1. The van der Waals surface area contributed by atoms with Crippen LogP contribution >= 0.6 is 27.7 Å². The van der Waals surface area contributed by atoms with Crippen molar-refractivity contribution in [3.8, 4) is 0 Å². The fraction of sp³-hybridized carbons (Fsp3) is 0.214. The number of hydrogen-bond acceptors (Lipinski definition) is 3. The minimum Gasteiger partial charge on any atom is -0.324 e. The van der Waals surface area contributed by atoms with Crippen LogP contribution in [-0.2, 0) is 0 Å². The largest absolute Gasteiger partial charge is 0.324 e. The molecule has 2 rings (SSSR count). The van der Waals surface area contributed by atoms with E-state index in [1.807, 2.05) is 24.3 Å². The van der Waals surface area contributed by atoms with Crippen molar-refractivity contribution in [2.24, 2.45) is 5.73 Å². The summed E-state index contributed by atoms with van der Waals surface area (Å²) in [5, 5.41) is 0.966. The summed E-state index contributed by atoms with van der Waals surface area (Å²) < 4.78 is 1.01. The Morgan fingerprint density at radius 2 is 2.06 bits per heavy atom. The topological polar surface area (TPSA) is 38.9 Å². The molecule has 1 aromatic carbocycles. The number of aromatic nitrogens is 1. The van der Waals surface area contributed by atoms with Crippen molar-refractivity contribution >= 4 is 27.7 Å². The predicted octanol–water partition coefficient (Wildman–Crippen LogP) is 4.41. The van der Waals surface area contributed by atoms with Gasteiger partial charge in [-0.2, -0.15) is 0 Å². The van der Waals surface area contributed by atoms with Crippen molar-refractivity contribution in [1.82, 2.24) is 4.98 Å². The second kappa shape index (κ2) is 6.36. The number of halogens is 1. The lowest BCUT2D eigenvalue weighted by molar-refractivity contribution is 0.685. The fourth-order valence-corrected chi connectivity index (χ4v) is 3.12. The highest BCUT2D eigenvalue weighted by molar-refractivity contribution is 9.10. The smallest absolute Gasteiger partial charge is 0.115 e. The Morgan fingerprint density at radius 1 is 1.28 bits per heavy atom. The number of rotatable bonds is 4. The molecule has 0 saturated heterocycles. The lowest BCUT2D eigenvalue weighted by Gasteiger charge is -2.14. The van der Waals surface area contributed by atoms with E-state index in [-0.39, 0.29) is 6.04 Å². The maximum absolute atomic E-state index is 6.14. The Morgan fingerprint density at radius 3 is 2.78 bits per heavy atom. The van der Waals surface area contributed by atoms with E-state index in [0.29, 0.717) is 0 Å². The molecule has 2 aromatic rings. The van der Waals surface area contributed by atoms with Crippen LogP contribution in [0.2, 0.25) is 0 Å². The van der Waals surface area contributed by atoms with Crippen molar-refractivity contribution in [2.45, 2.75) is 29.3 Å². The summed E-state index contributed by atoms with van der Waals surface area (Å²) >= 11 is 5.16. The van der Waals surface area contributed by atoms with Gasteiger partial charge in [0.25, 0.3) is 0 Å². The summed E-state index contributed by atoms with van der Waals surface area (Å²) in [6.07, 6.45) is 2.73. The second-order valence-electron chi connectivity index (χ2n) is 3.95. The second-order valence-corrected chi connectivity index (χ2v) is 5.83. The van der Waals surface area contributed by atoms with Gasteiger partial charge in [-0.05, 0) is 46.1 Å². The quantitative estimate of drug-likeness (QED) is 0.906. The highest BCUT2D eigenvalue weighted by Crippen LogP contribution is 2.35.